The Hall–Kier alpha value is -2.62. The maximum absolute atomic E-state index is 12.2. The van der Waals surface area contributed by atoms with Crippen LogP contribution in [0.2, 0.25) is 0 Å². The van der Waals surface area contributed by atoms with E-state index in [-0.39, 0.29) is 11.8 Å². The van der Waals surface area contributed by atoms with E-state index < -0.39 is 0 Å². The highest BCUT2D eigenvalue weighted by Crippen LogP contribution is 2.30. The topological polar surface area (TPSA) is 49.4 Å². The van der Waals surface area contributed by atoms with Crippen molar-refractivity contribution in [3.63, 3.8) is 0 Å². The van der Waals surface area contributed by atoms with Crippen LogP contribution >= 0.6 is 0 Å². The van der Waals surface area contributed by atoms with Gasteiger partial charge in [0, 0.05) is 31.3 Å². The molecule has 0 aliphatic carbocycles. The summed E-state index contributed by atoms with van der Waals surface area (Å²) in [6.07, 6.45) is 3.08. The molecule has 0 atom stereocenters. The van der Waals surface area contributed by atoms with Gasteiger partial charge >= 0.3 is 0 Å². The van der Waals surface area contributed by atoms with Gasteiger partial charge in [-0.15, -0.1) is 0 Å². The maximum atomic E-state index is 12.2. The van der Waals surface area contributed by atoms with Crippen LogP contribution in [0, 0.1) is 6.92 Å². The summed E-state index contributed by atoms with van der Waals surface area (Å²) in [6.45, 7) is 4.37. The first-order chi connectivity index (χ1) is 12.0. The zero-order chi connectivity index (χ0) is 17.8. The van der Waals surface area contributed by atoms with Gasteiger partial charge in [-0.05, 0) is 49.4 Å². The van der Waals surface area contributed by atoms with E-state index in [1.165, 1.54) is 11.1 Å². The molecule has 0 bridgehead atoms. The first-order valence-electron chi connectivity index (χ1n) is 8.79. The number of hydrogen-bond acceptors (Lipinski definition) is 2. The molecule has 3 rings (SSSR count). The smallest absolute Gasteiger partial charge is 0.224 e. The second kappa shape index (κ2) is 7.51. The minimum atomic E-state index is 0.0134. The summed E-state index contributed by atoms with van der Waals surface area (Å²) in [5.41, 5.74) is 5.34. The number of benzene rings is 2. The summed E-state index contributed by atoms with van der Waals surface area (Å²) >= 11 is 0. The first-order valence-corrected chi connectivity index (χ1v) is 8.79. The van der Waals surface area contributed by atoms with E-state index in [9.17, 15) is 9.59 Å². The summed E-state index contributed by atoms with van der Waals surface area (Å²) in [6, 6.07) is 14.2. The quantitative estimate of drug-likeness (QED) is 0.901. The molecular weight excluding hydrogens is 312 g/mol. The fourth-order valence-electron chi connectivity index (χ4n) is 3.22. The SMILES string of the molecule is CC(=O)N1CCc2ccc(NC(=O)CCCc3ccc(C)cc3)cc21. The highest BCUT2D eigenvalue weighted by Gasteiger charge is 2.22. The van der Waals surface area contributed by atoms with Crippen LogP contribution in [0.4, 0.5) is 11.4 Å². The number of hydrogen-bond donors (Lipinski definition) is 1. The standard InChI is InChI=1S/C21H24N2O2/c1-15-6-8-17(9-7-15)4-3-5-21(25)22-19-11-10-18-12-13-23(16(2)24)20(18)14-19/h6-11,14H,3-5,12-13H2,1-2H3,(H,22,25). The van der Waals surface area contributed by atoms with Crippen molar-refractivity contribution in [1.29, 1.82) is 0 Å². The number of fused-ring (bicyclic) bond motifs is 1. The van der Waals surface area contributed by atoms with Crippen molar-refractivity contribution in [2.75, 3.05) is 16.8 Å². The number of nitrogens with one attached hydrogen (secondary N) is 1. The van der Waals surface area contributed by atoms with Gasteiger partial charge in [0.2, 0.25) is 11.8 Å². The molecule has 0 aromatic heterocycles. The van der Waals surface area contributed by atoms with Crippen LogP contribution in [0.1, 0.15) is 36.5 Å². The molecule has 1 aliphatic heterocycles. The van der Waals surface area contributed by atoms with E-state index in [0.717, 1.165) is 42.7 Å². The van der Waals surface area contributed by atoms with Crippen molar-refractivity contribution in [3.05, 3.63) is 59.2 Å². The van der Waals surface area contributed by atoms with Gasteiger partial charge in [0.05, 0.1) is 0 Å². The van der Waals surface area contributed by atoms with Crippen molar-refractivity contribution in [2.45, 2.75) is 39.5 Å². The van der Waals surface area contributed by atoms with E-state index in [4.69, 9.17) is 0 Å². The number of nitrogens with zero attached hydrogens (tertiary/aromatic N) is 1. The third kappa shape index (κ3) is 4.27. The summed E-state index contributed by atoms with van der Waals surface area (Å²) < 4.78 is 0. The van der Waals surface area contributed by atoms with E-state index in [1.807, 2.05) is 18.2 Å². The molecule has 0 radical (unpaired) electrons. The molecule has 0 saturated carbocycles. The molecule has 1 N–H and O–H groups in total. The number of amides is 2. The minimum absolute atomic E-state index is 0.0134. The van der Waals surface area contributed by atoms with Gasteiger partial charge in [0.25, 0.3) is 0 Å². The van der Waals surface area contributed by atoms with E-state index in [2.05, 4.69) is 36.5 Å². The van der Waals surface area contributed by atoms with Crippen LogP contribution in [0.5, 0.6) is 0 Å². The molecule has 4 heteroatoms. The molecular formula is C21H24N2O2. The largest absolute Gasteiger partial charge is 0.326 e. The first kappa shape index (κ1) is 17.2. The zero-order valence-electron chi connectivity index (χ0n) is 14.8. The van der Waals surface area contributed by atoms with Crippen molar-refractivity contribution in [1.82, 2.24) is 0 Å². The monoisotopic (exact) mass is 336 g/mol. The fraction of sp³-hybridized carbons (Fsp3) is 0.333. The predicted molar refractivity (Wildman–Crippen MR) is 101 cm³/mol. The number of aryl methyl sites for hydroxylation is 2. The van der Waals surface area contributed by atoms with Gasteiger partial charge in [-0.25, -0.2) is 0 Å². The molecule has 1 aliphatic rings. The molecule has 25 heavy (non-hydrogen) atoms. The number of carbonyl (C=O) groups excluding carboxylic acids is 2. The summed E-state index contributed by atoms with van der Waals surface area (Å²) in [5.74, 6) is 0.0553. The van der Waals surface area contributed by atoms with Crippen LogP contribution in [-0.2, 0) is 22.4 Å². The Kier molecular flexibility index (Phi) is 5.17. The Morgan fingerprint density at radius 2 is 1.88 bits per heavy atom. The summed E-state index contributed by atoms with van der Waals surface area (Å²) in [5, 5.41) is 2.95. The Balaban J connectivity index is 1.54. The van der Waals surface area contributed by atoms with Crippen LogP contribution in [0.3, 0.4) is 0 Å². The minimum Gasteiger partial charge on any atom is -0.326 e. The Morgan fingerprint density at radius 3 is 2.60 bits per heavy atom. The lowest BCUT2D eigenvalue weighted by molar-refractivity contribution is -0.117. The third-order valence-electron chi connectivity index (χ3n) is 4.63. The lowest BCUT2D eigenvalue weighted by Gasteiger charge is -2.15. The Morgan fingerprint density at radius 1 is 1.12 bits per heavy atom. The van der Waals surface area contributed by atoms with Crippen molar-refractivity contribution in [3.8, 4) is 0 Å². The Bertz CT molecular complexity index is 781. The molecule has 2 amide bonds. The average Bonchev–Trinajstić information content (AvgIpc) is 3.00. The molecule has 0 spiro atoms. The second-order valence-corrected chi connectivity index (χ2v) is 6.65. The predicted octanol–water partition coefficient (Wildman–Crippen LogP) is 3.87. The zero-order valence-corrected chi connectivity index (χ0v) is 14.8. The number of rotatable bonds is 5. The normalized spacial score (nSPS) is 12.8. The fourth-order valence-corrected chi connectivity index (χ4v) is 3.22. The van der Waals surface area contributed by atoms with Crippen LogP contribution in [0.25, 0.3) is 0 Å². The van der Waals surface area contributed by atoms with Gasteiger partial charge in [-0.3, -0.25) is 9.59 Å². The lowest BCUT2D eigenvalue weighted by Crippen LogP contribution is -2.25. The molecule has 1 heterocycles. The van der Waals surface area contributed by atoms with E-state index >= 15 is 0 Å². The average molecular weight is 336 g/mol. The van der Waals surface area contributed by atoms with Gasteiger partial charge in [0.1, 0.15) is 0 Å². The van der Waals surface area contributed by atoms with Gasteiger partial charge < -0.3 is 10.2 Å². The molecule has 0 fully saturated rings. The molecule has 4 nitrogen and oxygen atoms in total. The highest BCUT2D eigenvalue weighted by molar-refractivity contribution is 5.96. The van der Waals surface area contributed by atoms with Crippen molar-refractivity contribution in [2.24, 2.45) is 0 Å². The van der Waals surface area contributed by atoms with Crippen LogP contribution < -0.4 is 10.2 Å². The lowest BCUT2D eigenvalue weighted by atomic mass is 10.1. The molecule has 0 unspecified atom stereocenters. The summed E-state index contributed by atoms with van der Waals surface area (Å²) in [7, 11) is 0. The highest BCUT2D eigenvalue weighted by atomic mass is 16.2. The Labute approximate surface area is 148 Å². The number of anilines is 2. The van der Waals surface area contributed by atoms with Crippen LogP contribution in [-0.4, -0.2) is 18.4 Å². The van der Waals surface area contributed by atoms with Gasteiger partial charge in [0.15, 0.2) is 0 Å². The third-order valence-corrected chi connectivity index (χ3v) is 4.63. The molecule has 2 aromatic rings. The van der Waals surface area contributed by atoms with Crippen LogP contribution in [0.15, 0.2) is 42.5 Å². The van der Waals surface area contributed by atoms with Gasteiger partial charge in [-0.2, -0.15) is 0 Å². The van der Waals surface area contributed by atoms with E-state index in [0.29, 0.717) is 6.42 Å². The second-order valence-electron chi connectivity index (χ2n) is 6.65. The van der Waals surface area contributed by atoms with Crippen molar-refractivity contribution < 1.29 is 9.59 Å². The number of carbonyl (C=O) groups is 2. The summed E-state index contributed by atoms with van der Waals surface area (Å²) in [4.78, 5) is 25.6. The molecule has 2 aromatic carbocycles. The molecule has 130 valence electrons. The van der Waals surface area contributed by atoms with Crippen molar-refractivity contribution >= 4 is 23.2 Å². The molecule has 0 saturated heterocycles. The van der Waals surface area contributed by atoms with E-state index in [1.54, 1.807) is 11.8 Å². The van der Waals surface area contributed by atoms with Gasteiger partial charge in [-0.1, -0.05) is 35.9 Å². The maximum Gasteiger partial charge on any atom is 0.224 e.